The number of nitrogens with zero attached hydrogens (tertiary/aromatic N) is 5. The number of esters is 1. The van der Waals surface area contributed by atoms with Crippen molar-refractivity contribution >= 4 is 40.6 Å². The first-order valence-electron chi connectivity index (χ1n) is 15.1. The summed E-state index contributed by atoms with van der Waals surface area (Å²) in [4.78, 5) is 46.2. The van der Waals surface area contributed by atoms with Crippen LogP contribution in [0, 0.1) is 11.8 Å². The zero-order valence-electron chi connectivity index (χ0n) is 24.5. The number of aliphatic hydroxyl groups is 1. The van der Waals surface area contributed by atoms with Crippen LogP contribution in [0.5, 0.6) is 0 Å². The molecular formula is C33H37N5O5S. The fourth-order valence-electron chi connectivity index (χ4n) is 7.23. The largest absolute Gasteiger partial charge is 0.465 e. The van der Waals surface area contributed by atoms with Gasteiger partial charge < -0.3 is 19.6 Å². The number of carbonyl (C=O) groups excluding carboxylic acids is 3. The molecule has 1 spiro atoms. The van der Waals surface area contributed by atoms with E-state index < -0.39 is 34.6 Å². The van der Waals surface area contributed by atoms with E-state index in [1.807, 2.05) is 54.6 Å². The van der Waals surface area contributed by atoms with Crippen molar-refractivity contribution in [2.75, 3.05) is 19.8 Å². The molecule has 0 radical (unpaired) electrons. The van der Waals surface area contributed by atoms with Crippen LogP contribution in [0.25, 0.3) is 11.0 Å². The van der Waals surface area contributed by atoms with E-state index in [9.17, 15) is 19.5 Å². The first kappa shape index (κ1) is 30.1. The van der Waals surface area contributed by atoms with Gasteiger partial charge in [0.1, 0.15) is 18.2 Å². The molecule has 230 valence electrons. The summed E-state index contributed by atoms with van der Waals surface area (Å²) in [5.41, 5.74) is 2.20. The summed E-state index contributed by atoms with van der Waals surface area (Å²) in [7, 11) is 0. The van der Waals surface area contributed by atoms with Crippen LogP contribution in [0.3, 0.4) is 0 Å². The number of amides is 2. The number of thioether (sulfide) groups is 1. The third-order valence-corrected chi connectivity index (χ3v) is 11.1. The Morgan fingerprint density at radius 2 is 1.93 bits per heavy atom. The summed E-state index contributed by atoms with van der Waals surface area (Å²) in [5, 5.41) is 19.1. The number of carbonyl (C=O) groups is 3. The molecule has 2 aromatic carbocycles. The minimum atomic E-state index is -0.916. The lowest BCUT2D eigenvalue weighted by Gasteiger charge is -2.39. The summed E-state index contributed by atoms with van der Waals surface area (Å²) >= 11 is 1.57. The highest BCUT2D eigenvalue weighted by atomic mass is 32.2. The molecule has 6 rings (SSSR count). The molecule has 4 heterocycles. The maximum Gasteiger partial charge on any atom is 0.310 e. The predicted octanol–water partition coefficient (Wildman–Crippen LogP) is 3.74. The van der Waals surface area contributed by atoms with Gasteiger partial charge in [-0.15, -0.1) is 30.0 Å². The van der Waals surface area contributed by atoms with Gasteiger partial charge in [0.15, 0.2) is 0 Å². The van der Waals surface area contributed by atoms with Crippen molar-refractivity contribution in [3.8, 4) is 0 Å². The highest BCUT2D eigenvalue weighted by Crippen LogP contribution is 2.67. The van der Waals surface area contributed by atoms with Crippen LogP contribution < -0.4 is 0 Å². The van der Waals surface area contributed by atoms with Crippen molar-refractivity contribution in [3.05, 3.63) is 85.5 Å². The van der Waals surface area contributed by atoms with Crippen LogP contribution >= 0.6 is 11.8 Å². The van der Waals surface area contributed by atoms with E-state index in [0.717, 1.165) is 17.5 Å². The van der Waals surface area contributed by atoms with Gasteiger partial charge in [0, 0.05) is 11.8 Å². The minimum absolute atomic E-state index is 0.0998. The Morgan fingerprint density at radius 3 is 2.68 bits per heavy atom. The Morgan fingerprint density at radius 1 is 1.16 bits per heavy atom. The Labute approximate surface area is 260 Å². The van der Waals surface area contributed by atoms with Crippen LogP contribution in [0.4, 0.5) is 0 Å². The zero-order chi connectivity index (χ0) is 30.8. The first-order chi connectivity index (χ1) is 21.4. The highest BCUT2D eigenvalue weighted by Gasteiger charge is 2.75. The number of hydrogen-bond acceptors (Lipinski definition) is 8. The molecule has 10 nitrogen and oxygen atoms in total. The molecule has 6 atom stereocenters. The van der Waals surface area contributed by atoms with Gasteiger partial charge >= 0.3 is 5.97 Å². The Kier molecular flexibility index (Phi) is 8.59. The fourth-order valence-corrected chi connectivity index (χ4v) is 9.42. The van der Waals surface area contributed by atoms with Crippen molar-refractivity contribution in [2.24, 2.45) is 11.8 Å². The molecule has 1 aromatic heterocycles. The molecule has 2 unspecified atom stereocenters. The molecule has 44 heavy (non-hydrogen) atoms. The number of ether oxygens (including phenoxy) is 1. The third kappa shape index (κ3) is 5.01. The van der Waals surface area contributed by atoms with Crippen molar-refractivity contribution < 1.29 is 24.2 Å². The van der Waals surface area contributed by atoms with Crippen molar-refractivity contribution in [3.63, 3.8) is 0 Å². The van der Waals surface area contributed by atoms with E-state index in [4.69, 9.17) is 4.74 Å². The van der Waals surface area contributed by atoms with E-state index in [1.165, 1.54) is 0 Å². The Hall–Kier alpha value is -3.96. The SMILES string of the molecule is C=CCCCOC(=O)[C@@H]1[C@@H]2CCC3(S2)C(C(=O)N(CC=C)Cn2nnc4ccccc42)N([C@H](CO)c2ccccc2)C(=O)[C@H]13. The number of para-hydroxylation sites is 1. The molecule has 0 saturated carbocycles. The summed E-state index contributed by atoms with van der Waals surface area (Å²) in [6.07, 6.45) is 6.11. The summed E-state index contributed by atoms with van der Waals surface area (Å²) in [6, 6.07) is 15.1. The Bertz CT molecular complexity index is 1560. The topological polar surface area (TPSA) is 118 Å². The average molecular weight is 616 g/mol. The number of rotatable bonds is 13. The maximum absolute atomic E-state index is 14.9. The number of likely N-dealkylation sites (tertiary alicyclic amines) is 1. The van der Waals surface area contributed by atoms with E-state index in [-0.39, 0.29) is 43.5 Å². The smallest absolute Gasteiger partial charge is 0.310 e. The van der Waals surface area contributed by atoms with Crippen LogP contribution in [-0.2, 0) is 25.8 Å². The lowest BCUT2D eigenvalue weighted by molar-refractivity contribution is -0.154. The number of allylic oxidation sites excluding steroid dienone is 1. The van der Waals surface area contributed by atoms with Gasteiger partial charge in [-0.25, -0.2) is 4.68 Å². The third-order valence-electron chi connectivity index (χ3n) is 9.12. The maximum atomic E-state index is 14.9. The normalized spacial score (nSPS) is 26.0. The monoisotopic (exact) mass is 615 g/mol. The molecule has 2 bridgehead atoms. The van der Waals surface area contributed by atoms with Gasteiger partial charge in [0.25, 0.3) is 0 Å². The van der Waals surface area contributed by atoms with Crippen LogP contribution in [0.1, 0.15) is 37.3 Å². The number of hydrogen-bond donors (Lipinski definition) is 1. The highest BCUT2D eigenvalue weighted by molar-refractivity contribution is 8.02. The molecule has 1 N–H and O–H groups in total. The quantitative estimate of drug-likeness (QED) is 0.176. The number of fused-ring (bicyclic) bond motifs is 2. The number of aromatic nitrogens is 3. The van der Waals surface area contributed by atoms with Gasteiger partial charge in [-0.2, -0.15) is 0 Å². The van der Waals surface area contributed by atoms with Crippen LogP contribution in [-0.4, -0.2) is 83.5 Å². The van der Waals surface area contributed by atoms with Gasteiger partial charge in [-0.1, -0.05) is 59.8 Å². The molecule has 0 aliphatic carbocycles. The van der Waals surface area contributed by atoms with E-state index in [0.29, 0.717) is 24.8 Å². The lowest BCUT2D eigenvalue weighted by atomic mass is 9.71. The number of aliphatic hydroxyl groups excluding tert-OH is 1. The minimum Gasteiger partial charge on any atom is -0.465 e. The first-order valence-corrected chi connectivity index (χ1v) is 15.9. The van der Waals surface area contributed by atoms with E-state index >= 15 is 0 Å². The van der Waals surface area contributed by atoms with Gasteiger partial charge in [0.05, 0.1) is 41.4 Å². The summed E-state index contributed by atoms with van der Waals surface area (Å²) < 4.78 is 6.51. The van der Waals surface area contributed by atoms with Crippen molar-refractivity contribution in [1.82, 2.24) is 24.8 Å². The molecule has 3 aliphatic heterocycles. The van der Waals surface area contributed by atoms with Crippen molar-refractivity contribution in [1.29, 1.82) is 0 Å². The molecule has 2 amide bonds. The molecule has 3 saturated heterocycles. The zero-order valence-corrected chi connectivity index (χ0v) is 25.3. The van der Waals surface area contributed by atoms with E-state index in [1.54, 1.807) is 38.4 Å². The van der Waals surface area contributed by atoms with Crippen LogP contribution in [0.2, 0.25) is 0 Å². The molecular weight excluding hydrogens is 578 g/mol. The number of benzene rings is 2. The van der Waals surface area contributed by atoms with Crippen LogP contribution in [0.15, 0.2) is 79.9 Å². The number of unbranched alkanes of at least 4 members (excludes halogenated alkanes) is 1. The summed E-state index contributed by atoms with van der Waals surface area (Å²) in [5.74, 6) is -2.35. The fraction of sp³-hybridized carbons (Fsp3) is 0.424. The predicted molar refractivity (Wildman–Crippen MR) is 167 cm³/mol. The average Bonchev–Trinajstić information content (AvgIpc) is 3.80. The molecule has 3 aliphatic rings. The second-order valence-corrected chi connectivity index (χ2v) is 13.2. The van der Waals surface area contributed by atoms with Gasteiger partial charge in [-0.3, -0.25) is 14.4 Å². The second kappa shape index (κ2) is 12.6. The van der Waals surface area contributed by atoms with Gasteiger partial charge in [-0.05, 0) is 43.4 Å². The molecule has 3 aromatic rings. The second-order valence-electron chi connectivity index (χ2n) is 11.6. The van der Waals surface area contributed by atoms with Gasteiger partial charge in [0.2, 0.25) is 11.8 Å². The summed E-state index contributed by atoms with van der Waals surface area (Å²) in [6.45, 7) is 7.80. The molecule has 11 heteroatoms. The lowest BCUT2D eigenvalue weighted by Crippen LogP contribution is -2.55. The van der Waals surface area contributed by atoms with E-state index in [2.05, 4.69) is 23.5 Å². The molecule has 3 fully saturated rings. The van der Waals surface area contributed by atoms with Crippen molar-refractivity contribution in [2.45, 2.75) is 54.4 Å². The Balaban J connectivity index is 1.39. The standard InChI is InChI=1S/C33H37N5O5S/c1-3-5-11-19-43-32(42)27-26-16-17-33(44-26)28(27)30(40)38(25(20-39)22-12-7-6-8-13-22)29(33)31(41)36(18-4-2)21-37-24-15-10-9-14-23(24)34-35-37/h3-4,6-10,12-15,25-29,39H,1-2,5,11,16-21H2/t25-,26+,27-,28+,29?,33?/m1/s1.